The third kappa shape index (κ3) is 6.78. The number of aromatic nitrogens is 2. The maximum Gasteiger partial charge on any atom is 0.331 e. The highest BCUT2D eigenvalue weighted by molar-refractivity contribution is 5.67. The summed E-state index contributed by atoms with van der Waals surface area (Å²) in [5, 5.41) is 12.4. The van der Waals surface area contributed by atoms with Crippen LogP contribution in [0.25, 0.3) is 11.1 Å². The number of halogens is 3. The molecule has 1 aromatic heterocycles. The van der Waals surface area contributed by atoms with Crippen molar-refractivity contribution in [2.24, 2.45) is 5.92 Å². The number of rotatable bonds is 12. The Morgan fingerprint density at radius 2 is 1.71 bits per heavy atom. The second-order valence-electron chi connectivity index (χ2n) is 10.7. The zero-order valence-corrected chi connectivity index (χ0v) is 23.8. The normalized spacial score (nSPS) is 14.6. The molecule has 1 atom stereocenters. The Labute approximate surface area is 241 Å². The number of aliphatic carboxylic acids is 1. The van der Waals surface area contributed by atoms with Crippen LogP contribution in [0.3, 0.4) is 0 Å². The Balaban J connectivity index is 1.87. The fraction of sp³-hybridized carbons (Fsp3) is 0.452. The molecule has 0 amide bonds. The minimum Gasteiger partial charge on any atom is -0.494 e. The molecule has 1 saturated carbocycles. The molecule has 1 fully saturated rings. The van der Waals surface area contributed by atoms with Gasteiger partial charge in [0.15, 0.2) is 11.6 Å². The van der Waals surface area contributed by atoms with Crippen molar-refractivity contribution in [3.63, 3.8) is 0 Å². The van der Waals surface area contributed by atoms with Crippen LogP contribution in [0.5, 0.6) is 5.75 Å². The van der Waals surface area contributed by atoms with Gasteiger partial charge in [-0.05, 0) is 56.8 Å². The number of nitrogens with zero attached hydrogens (tertiary/aromatic N) is 2. The molecule has 2 aromatic carbocycles. The van der Waals surface area contributed by atoms with Crippen LogP contribution < -0.4 is 21.3 Å². The number of nitrogens with one attached hydrogen (secondary N) is 1. The van der Waals surface area contributed by atoms with Gasteiger partial charge in [0.1, 0.15) is 11.6 Å². The summed E-state index contributed by atoms with van der Waals surface area (Å²) in [7, 11) is 1.29. The molecular formula is C31H36F3N3O5. The molecule has 3 aromatic rings. The molecule has 1 aliphatic rings. The maximum atomic E-state index is 15.5. The van der Waals surface area contributed by atoms with Gasteiger partial charge in [-0.2, -0.15) is 0 Å². The largest absolute Gasteiger partial charge is 0.494 e. The van der Waals surface area contributed by atoms with E-state index in [0.29, 0.717) is 13.0 Å². The van der Waals surface area contributed by atoms with Crippen molar-refractivity contribution >= 4 is 5.97 Å². The minimum absolute atomic E-state index is 0.0326. The molecule has 0 bridgehead atoms. The van der Waals surface area contributed by atoms with Gasteiger partial charge in [-0.25, -0.2) is 18.0 Å². The van der Waals surface area contributed by atoms with E-state index in [4.69, 9.17) is 9.84 Å². The second-order valence-corrected chi connectivity index (χ2v) is 10.7. The quantitative estimate of drug-likeness (QED) is 0.294. The van der Waals surface area contributed by atoms with E-state index in [1.54, 1.807) is 0 Å². The molecule has 1 heterocycles. The fourth-order valence-electron chi connectivity index (χ4n) is 5.80. The molecule has 0 spiro atoms. The van der Waals surface area contributed by atoms with E-state index in [9.17, 15) is 23.2 Å². The number of carboxylic acid groups (broad SMARTS) is 1. The second kappa shape index (κ2) is 13.9. The zero-order chi connectivity index (χ0) is 30.4. The average Bonchev–Trinajstić information content (AvgIpc) is 2.97. The van der Waals surface area contributed by atoms with Gasteiger partial charge in [-0.3, -0.25) is 18.7 Å². The van der Waals surface area contributed by atoms with Crippen LogP contribution in [-0.4, -0.2) is 39.9 Å². The highest BCUT2D eigenvalue weighted by Crippen LogP contribution is 2.30. The van der Waals surface area contributed by atoms with E-state index < -0.39 is 41.2 Å². The number of hydrogen-bond acceptors (Lipinski definition) is 5. The molecule has 1 aliphatic carbocycles. The molecule has 11 heteroatoms. The minimum atomic E-state index is -0.922. The first kappa shape index (κ1) is 31.1. The molecule has 2 N–H and O–H groups in total. The number of methoxy groups -OCH3 is 1. The predicted octanol–water partition coefficient (Wildman–Crippen LogP) is 4.86. The van der Waals surface area contributed by atoms with Crippen molar-refractivity contribution in [3.8, 4) is 16.9 Å². The molecule has 4 rings (SSSR count). The number of carbonyl (C=O) groups is 1. The van der Waals surface area contributed by atoms with Gasteiger partial charge >= 0.3 is 11.7 Å². The van der Waals surface area contributed by atoms with E-state index in [0.717, 1.165) is 53.4 Å². The molecule has 8 nitrogen and oxygen atoms in total. The SMILES string of the molecule is COc1cccc(-c2c(C)n(Cc3c(F)cccc3F)c(=O)n(C[C@H](NCCCC(=O)O)C3CCCCC3)c2=O)c1F. The average molecular weight is 588 g/mol. The molecule has 226 valence electrons. The number of hydrogen-bond donors (Lipinski definition) is 2. The zero-order valence-electron chi connectivity index (χ0n) is 23.8. The van der Waals surface area contributed by atoms with Gasteiger partial charge in [-0.15, -0.1) is 0 Å². The Kier molecular flexibility index (Phi) is 10.3. The van der Waals surface area contributed by atoms with Gasteiger partial charge in [0, 0.05) is 35.8 Å². The van der Waals surface area contributed by atoms with E-state index >= 15 is 4.39 Å². The molecule has 0 saturated heterocycles. The molecular weight excluding hydrogens is 551 g/mol. The van der Waals surface area contributed by atoms with Crippen molar-refractivity contribution in [3.05, 3.63) is 85.9 Å². The van der Waals surface area contributed by atoms with Crippen LogP contribution in [0.1, 0.15) is 56.2 Å². The summed E-state index contributed by atoms with van der Waals surface area (Å²) in [5.41, 5.74) is -2.03. The van der Waals surface area contributed by atoms with Crippen molar-refractivity contribution < 1.29 is 27.8 Å². The third-order valence-electron chi connectivity index (χ3n) is 8.09. The Morgan fingerprint density at radius 1 is 1.05 bits per heavy atom. The first-order valence-electron chi connectivity index (χ1n) is 14.2. The van der Waals surface area contributed by atoms with Gasteiger partial charge in [0.25, 0.3) is 5.56 Å². The van der Waals surface area contributed by atoms with Crippen molar-refractivity contribution in [1.82, 2.24) is 14.5 Å². The highest BCUT2D eigenvalue weighted by Gasteiger charge is 2.28. The van der Waals surface area contributed by atoms with Crippen LogP contribution in [0.2, 0.25) is 0 Å². The number of carboxylic acids is 1. The van der Waals surface area contributed by atoms with Crippen LogP contribution >= 0.6 is 0 Å². The Bertz CT molecular complexity index is 1530. The summed E-state index contributed by atoms with van der Waals surface area (Å²) in [6.45, 7) is 1.22. The van der Waals surface area contributed by atoms with Crippen LogP contribution in [0.4, 0.5) is 13.2 Å². The van der Waals surface area contributed by atoms with E-state index in [1.807, 2.05) is 0 Å². The van der Waals surface area contributed by atoms with Crippen LogP contribution in [-0.2, 0) is 17.9 Å². The number of benzene rings is 2. The summed E-state index contributed by atoms with van der Waals surface area (Å²) in [4.78, 5) is 39.0. The van der Waals surface area contributed by atoms with Gasteiger partial charge in [-0.1, -0.05) is 37.5 Å². The van der Waals surface area contributed by atoms with Crippen LogP contribution in [0.15, 0.2) is 46.0 Å². The standard InChI is InChI=1S/C31H36F3N3O5/c1-19-28(21-11-6-14-26(42-2)29(21)34)30(40)37(31(41)36(19)17-22-23(32)12-7-13-24(22)33)18-25(20-9-4-3-5-10-20)35-16-8-15-27(38)39/h6-7,11-14,20,25,35H,3-5,8-10,15-18H2,1-2H3,(H,38,39)/t25-/m0/s1. The first-order valence-corrected chi connectivity index (χ1v) is 14.2. The van der Waals surface area contributed by atoms with Crippen molar-refractivity contribution in [1.29, 1.82) is 0 Å². The summed E-state index contributed by atoms with van der Waals surface area (Å²) in [6.07, 6.45) is 5.10. The topological polar surface area (TPSA) is 103 Å². The molecule has 0 aliphatic heterocycles. The highest BCUT2D eigenvalue weighted by atomic mass is 19.1. The van der Waals surface area contributed by atoms with Crippen molar-refractivity contribution in [2.75, 3.05) is 13.7 Å². The van der Waals surface area contributed by atoms with E-state index in [1.165, 1.54) is 38.3 Å². The first-order chi connectivity index (χ1) is 20.1. The van der Waals surface area contributed by atoms with E-state index in [-0.39, 0.29) is 53.1 Å². The van der Waals surface area contributed by atoms with E-state index in [2.05, 4.69) is 5.32 Å². The van der Waals surface area contributed by atoms with Gasteiger partial charge in [0.2, 0.25) is 0 Å². The summed E-state index contributed by atoms with van der Waals surface area (Å²) in [5.74, 6) is -3.41. The smallest absolute Gasteiger partial charge is 0.331 e. The lowest BCUT2D eigenvalue weighted by atomic mass is 9.83. The maximum absolute atomic E-state index is 15.5. The van der Waals surface area contributed by atoms with Gasteiger partial charge in [0.05, 0.1) is 19.2 Å². The molecule has 42 heavy (non-hydrogen) atoms. The van der Waals surface area contributed by atoms with Crippen molar-refractivity contribution in [2.45, 2.75) is 71.0 Å². The molecule has 0 unspecified atom stereocenters. The molecule has 0 radical (unpaired) electrons. The lowest BCUT2D eigenvalue weighted by molar-refractivity contribution is -0.137. The summed E-state index contributed by atoms with van der Waals surface area (Å²) >= 11 is 0. The van der Waals surface area contributed by atoms with Crippen LogP contribution in [0, 0.1) is 30.3 Å². The lowest BCUT2D eigenvalue weighted by Gasteiger charge is -2.32. The summed E-state index contributed by atoms with van der Waals surface area (Å²) < 4.78 is 52.1. The number of ether oxygens (including phenoxy) is 1. The lowest BCUT2D eigenvalue weighted by Crippen LogP contribution is -2.49. The predicted molar refractivity (Wildman–Crippen MR) is 152 cm³/mol. The third-order valence-corrected chi connectivity index (χ3v) is 8.09. The summed E-state index contributed by atoms with van der Waals surface area (Å²) in [6, 6.07) is 7.34. The Hall–Kier alpha value is -3.86. The Morgan fingerprint density at radius 3 is 2.36 bits per heavy atom. The monoisotopic (exact) mass is 587 g/mol. The fourth-order valence-corrected chi connectivity index (χ4v) is 5.80. The van der Waals surface area contributed by atoms with Gasteiger partial charge < -0.3 is 15.2 Å².